The van der Waals surface area contributed by atoms with Crippen molar-refractivity contribution < 1.29 is 9.22 Å². The summed E-state index contributed by atoms with van der Waals surface area (Å²) in [4.78, 5) is 0. The van der Waals surface area contributed by atoms with E-state index in [4.69, 9.17) is 4.74 Å². The van der Waals surface area contributed by atoms with Crippen LogP contribution in [0.15, 0.2) is 42.0 Å². The Kier molecular flexibility index (Phi) is 4.78. The molecule has 3 aliphatic rings. The van der Waals surface area contributed by atoms with Gasteiger partial charge in [-0.05, 0) is 44.9 Å². The van der Waals surface area contributed by atoms with Gasteiger partial charge in [0.05, 0.1) is 19.7 Å². The highest BCUT2D eigenvalue weighted by atomic mass is 16.5. The van der Waals surface area contributed by atoms with Crippen molar-refractivity contribution in [3.8, 4) is 0 Å². The fourth-order valence-electron chi connectivity index (χ4n) is 5.22. The Morgan fingerprint density at radius 3 is 2.67 bits per heavy atom. The van der Waals surface area contributed by atoms with Crippen molar-refractivity contribution >= 4 is 0 Å². The molecule has 2 nitrogen and oxygen atoms in total. The second kappa shape index (κ2) is 7.01. The molecular weight excluding hydrogens is 294 g/mol. The number of piperidine rings is 1. The highest BCUT2D eigenvalue weighted by Crippen LogP contribution is 2.38. The van der Waals surface area contributed by atoms with Gasteiger partial charge in [-0.3, -0.25) is 0 Å². The lowest BCUT2D eigenvalue weighted by molar-refractivity contribution is -0.948. The first-order valence-corrected chi connectivity index (χ1v) is 9.91. The Morgan fingerprint density at radius 2 is 1.88 bits per heavy atom. The molecule has 2 aliphatic heterocycles. The van der Waals surface area contributed by atoms with Gasteiger partial charge in [0.15, 0.2) is 0 Å². The van der Waals surface area contributed by atoms with Crippen molar-refractivity contribution in [1.82, 2.24) is 0 Å². The van der Waals surface area contributed by atoms with E-state index in [1.54, 1.807) is 5.57 Å². The predicted octanol–water partition coefficient (Wildman–Crippen LogP) is 4.56. The minimum absolute atomic E-state index is 0.430. The van der Waals surface area contributed by atoms with E-state index in [0.29, 0.717) is 12.0 Å². The zero-order valence-corrected chi connectivity index (χ0v) is 15.1. The number of quaternary nitrogens is 1. The van der Waals surface area contributed by atoms with Crippen LogP contribution in [-0.4, -0.2) is 36.8 Å². The standard InChI is InChI=1S/C22H32NO/c1-18-10-11-20-14-21(18)22(24-17-20)16-23(12-6-3-7-13-23)15-19-8-4-2-5-9-19/h2,4-5,8-10,20-22H,3,6-7,11-17H2,1H3/q+1/t20-,21+,22-/m0/s1. The Bertz CT molecular complexity index is 573. The van der Waals surface area contributed by atoms with E-state index in [-0.39, 0.29) is 0 Å². The lowest BCUT2D eigenvalue weighted by Crippen LogP contribution is -2.57. The highest BCUT2D eigenvalue weighted by molar-refractivity contribution is 5.14. The Hall–Kier alpha value is -1.12. The van der Waals surface area contributed by atoms with Crippen LogP contribution in [-0.2, 0) is 11.3 Å². The molecule has 24 heavy (non-hydrogen) atoms. The number of nitrogens with zero attached hydrogens (tertiary/aromatic N) is 1. The number of fused-ring (bicyclic) bond motifs is 2. The van der Waals surface area contributed by atoms with Gasteiger partial charge in [0.1, 0.15) is 19.2 Å². The van der Waals surface area contributed by atoms with E-state index < -0.39 is 0 Å². The van der Waals surface area contributed by atoms with Gasteiger partial charge in [0, 0.05) is 11.5 Å². The first kappa shape index (κ1) is 16.4. The van der Waals surface area contributed by atoms with E-state index in [1.807, 2.05) is 0 Å². The van der Waals surface area contributed by atoms with Crippen LogP contribution in [0.5, 0.6) is 0 Å². The molecule has 0 amide bonds. The minimum atomic E-state index is 0.430. The topological polar surface area (TPSA) is 9.23 Å². The number of hydrogen-bond donors (Lipinski definition) is 0. The first-order valence-electron chi connectivity index (χ1n) is 9.91. The maximum atomic E-state index is 6.42. The van der Waals surface area contributed by atoms with Crippen molar-refractivity contribution in [1.29, 1.82) is 0 Å². The number of rotatable bonds is 4. The normalized spacial score (nSPS) is 32.2. The number of hydrogen-bond acceptors (Lipinski definition) is 1. The monoisotopic (exact) mass is 326 g/mol. The smallest absolute Gasteiger partial charge is 0.113 e. The Labute approximate surface area is 147 Å². The fourth-order valence-corrected chi connectivity index (χ4v) is 5.22. The average molecular weight is 327 g/mol. The maximum absolute atomic E-state index is 6.42. The summed E-state index contributed by atoms with van der Waals surface area (Å²) >= 11 is 0. The van der Waals surface area contributed by atoms with Crippen LogP contribution in [0.4, 0.5) is 0 Å². The summed E-state index contributed by atoms with van der Waals surface area (Å²) in [5, 5.41) is 0. The Morgan fingerprint density at radius 1 is 1.08 bits per heavy atom. The van der Waals surface area contributed by atoms with Crippen molar-refractivity contribution in [3.63, 3.8) is 0 Å². The third-order valence-electron chi connectivity index (χ3n) is 6.63. The molecule has 0 unspecified atom stereocenters. The van der Waals surface area contributed by atoms with E-state index in [0.717, 1.165) is 12.5 Å². The van der Waals surface area contributed by atoms with E-state index in [9.17, 15) is 0 Å². The molecule has 1 aromatic carbocycles. The van der Waals surface area contributed by atoms with Crippen molar-refractivity contribution in [3.05, 3.63) is 47.5 Å². The molecule has 2 heterocycles. The molecule has 2 heteroatoms. The fraction of sp³-hybridized carbons (Fsp3) is 0.636. The van der Waals surface area contributed by atoms with Gasteiger partial charge in [0.25, 0.3) is 0 Å². The number of likely N-dealkylation sites (tertiary alicyclic amines) is 1. The summed E-state index contributed by atoms with van der Waals surface area (Å²) < 4.78 is 7.66. The molecule has 4 rings (SSSR count). The molecule has 2 fully saturated rings. The van der Waals surface area contributed by atoms with Crippen molar-refractivity contribution in [2.45, 2.75) is 51.7 Å². The van der Waals surface area contributed by atoms with Crippen LogP contribution in [0.2, 0.25) is 0 Å². The highest BCUT2D eigenvalue weighted by Gasteiger charge is 2.41. The molecule has 130 valence electrons. The summed E-state index contributed by atoms with van der Waals surface area (Å²) in [6.07, 6.45) is 9.68. The molecule has 3 atom stereocenters. The molecule has 0 spiro atoms. The lowest BCUT2D eigenvalue weighted by atomic mass is 9.76. The molecule has 0 saturated carbocycles. The van der Waals surface area contributed by atoms with Gasteiger partial charge in [-0.1, -0.05) is 42.0 Å². The van der Waals surface area contributed by atoms with Gasteiger partial charge in [0.2, 0.25) is 0 Å². The molecule has 2 bridgehead atoms. The molecule has 1 aliphatic carbocycles. The predicted molar refractivity (Wildman–Crippen MR) is 98.6 cm³/mol. The second-order valence-corrected chi connectivity index (χ2v) is 8.44. The SMILES string of the molecule is CC1=CC[C@@H]2CO[C@@H](C[N+]3(Cc4ccccc4)CCCCC3)[C@@H]1C2. The van der Waals surface area contributed by atoms with Crippen LogP contribution >= 0.6 is 0 Å². The van der Waals surface area contributed by atoms with Crippen LogP contribution in [0.25, 0.3) is 0 Å². The van der Waals surface area contributed by atoms with Crippen molar-refractivity contribution in [2.75, 3.05) is 26.2 Å². The summed E-state index contributed by atoms with van der Waals surface area (Å²) in [7, 11) is 0. The lowest BCUT2D eigenvalue weighted by Gasteiger charge is -2.47. The van der Waals surface area contributed by atoms with Crippen LogP contribution < -0.4 is 0 Å². The molecule has 1 aromatic rings. The third kappa shape index (κ3) is 3.45. The zero-order valence-electron chi connectivity index (χ0n) is 15.1. The van der Waals surface area contributed by atoms with Crippen LogP contribution in [0.3, 0.4) is 0 Å². The van der Waals surface area contributed by atoms with Gasteiger partial charge in [-0.15, -0.1) is 0 Å². The maximum Gasteiger partial charge on any atom is 0.113 e. The summed E-state index contributed by atoms with van der Waals surface area (Å²) in [5.74, 6) is 1.45. The van der Waals surface area contributed by atoms with E-state index in [2.05, 4.69) is 43.3 Å². The van der Waals surface area contributed by atoms with Gasteiger partial charge in [-0.25, -0.2) is 0 Å². The summed E-state index contributed by atoms with van der Waals surface area (Å²) in [6, 6.07) is 11.1. The largest absolute Gasteiger partial charge is 0.371 e. The second-order valence-electron chi connectivity index (χ2n) is 8.44. The third-order valence-corrected chi connectivity index (χ3v) is 6.63. The van der Waals surface area contributed by atoms with Gasteiger partial charge in [-0.2, -0.15) is 0 Å². The molecule has 2 saturated heterocycles. The first-order chi connectivity index (χ1) is 11.7. The molecule has 0 radical (unpaired) electrons. The summed E-state index contributed by atoms with van der Waals surface area (Å²) in [5.41, 5.74) is 3.08. The van der Waals surface area contributed by atoms with E-state index in [1.165, 1.54) is 68.3 Å². The van der Waals surface area contributed by atoms with Gasteiger partial charge < -0.3 is 9.22 Å². The quantitative estimate of drug-likeness (QED) is 0.582. The number of allylic oxidation sites excluding steroid dienone is 1. The summed E-state index contributed by atoms with van der Waals surface area (Å²) in [6.45, 7) is 8.36. The molecule has 0 aromatic heterocycles. The van der Waals surface area contributed by atoms with Crippen LogP contribution in [0.1, 0.15) is 44.6 Å². The average Bonchev–Trinajstić information content (AvgIpc) is 2.62. The van der Waals surface area contributed by atoms with Crippen LogP contribution in [0, 0.1) is 11.8 Å². The van der Waals surface area contributed by atoms with Gasteiger partial charge >= 0.3 is 0 Å². The molecule has 0 N–H and O–H groups in total. The van der Waals surface area contributed by atoms with Crippen molar-refractivity contribution in [2.24, 2.45) is 11.8 Å². The Balaban J connectivity index is 1.53. The number of ether oxygens (including phenoxy) is 1. The van der Waals surface area contributed by atoms with E-state index >= 15 is 0 Å². The number of benzene rings is 1. The minimum Gasteiger partial charge on any atom is -0.371 e. The zero-order chi connectivity index (χ0) is 16.4. The molecular formula is C22H32NO+.